The number of alkyl halides is 1. The van der Waals surface area contributed by atoms with E-state index in [4.69, 9.17) is 16.3 Å². The molecule has 17 heavy (non-hydrogen) atoms. The Morgan fingerprint density at radius 2 is 1.94 bits per heavy atom. The molecule has 2 fully saturated rings. The van der Waals surface area contributed by atoms with Gasteiger partial charge in [0.25, 0.3) is 0 Å². The molecule has 0 aromatic carbocycles. The number of nitrogens with one attached hydrogen (secondary N) is 1. The summed E-state index contributed by atoms with van der Waals surface area (Å²) < 4.78 is 27.8. The molecule has 2 aliphatic rings. The van der Waals surface area contributed by atoms with Crippen LogP contribution in [-0.4, -0.2) is 68.6 Å². The van der Waals surface area contributed by atoms with Gasteiger partial charge in [0, 0.05) is 13.1 Å². The summed E-state index contributed by atoms with van der Waals surface area (Å²) in [5.74, 6) is -0.139. The van der Waals surface area contributed by atoms with E-state index >= 15 is 0 Å². The lowest BCUT2D eigenvalue weighted by Crippen LogP contribution is -2.51. The number of ether oxygens (including phenoxy) is 1. The van der Waals surface area contributed by atoms with Gasteiger partial charge in [0.1, 0.15) is 0 Å². The van der Waals surface area contributed by atoms with Crippen LogP contribution in [0.2, 0.25) is 0 Å². The molecular weight excluding hydrogens is 268 g/mol. The molecule has 2 unspecified atom stereocenters. The molecule has 0 radical (unpaired) electrons. The fourth-order valence-corrected chi connectivity index (χ4v) is 4.50. The number of sulfone groups is 1. The number of urea groups is 1. The van der Waals surface area contributed by atoms with Gasteiger partial charge in [-0.3, -0.25) is 0 Å². The molecule has 2 saturated heterocycles. The molecule has 2 rings (SSSR count). The van der Waals surface area contributed by atoms with Crippen molar-refractivity contribution in [3.63, 3.8) is 0 Å². The molecule has 0 aromatic heterocycles. The molecule has 0 aromatic rings. The number of nitrogens with zero attached hydrogens (tertiary/aromatic N) is 1. The van der Waals surface area contributed by atoms with Crippen LogP contribution in [0.15, 0.2) is 0 Å². The zero-order valence-corrected chi connectivity index (χ0v) is 10.8. The number of amides is 2. The van der Waals surface area contributed by atoms with Crippen molar-refractivity contribution in [2.45, 2.75) is 11.4 Å². The molecule has 8 heteroatoms. The van der Waals surface area contributed by atoms with Crippen LogP contribution >= 0.6 is 11.6 Å². The van der Waals surface area contributed by atoms with Crippen LogP contribution in [0.5, 0.6) is 0 Å². The highest BCUT2D eigenvalue weighted by atomic mass is 35.5. The third-order valence-corrected chi connectivity index (χ3v) is 5.27. The topological polar surface area (TPSA) is 75.7 Å². The van der Waals surface area contributed by atoms with Crippen molar-refractivity contribution in [2.75, 3.05) is 37.8 Å². The van der Waals surface area contributed by atoms with Crippen LogP contribution in [-0.2, 0) is 14.6 Å². The van der Waals surface area contributed by atoms with Crippen molar-refractivity contribution in [3.8, 4) is 0 Å². The summed E-state index contributed by atoms with van der Waals surface area (Å²) in [6.07, 6.45) is 0. The Morgan fingerprint density at radius 1 is 1.29 bits per heavy atom. The molecular formula is C9H15ClN2O4S. The van der Waals surface area contributed by atoms with Gasteiger partial charge >= 0.3 is 6.03 Å². The fraction of sp³-hybridized carbons (Fsp3) is 0.889. The van der Waals surface area contributed by atoms with Crippen molar-refractivity contribution in [2.24, 2.45) is 0 Å². The molecule has 98 valence electrons. The summed E-state index contributed by atoms with van der Waals surface area (Å²) in [6.45, 7) is 2.08. The summed E-state index contributed by atoms with van der Waals surface area (Å²) in [5.41, 5.74) is 0. The zero-order chi connectivity index (χ0) is 12.5. The van der Waals surface area contributed by atoms with Crippen molar-refractivity contribution in [1.82, 2.24) is 10.2 Å². The Balaban J connectivity index is 1.90. The van der Waals surface area contributed by atoms with Crippen LogP contribution in [0.1, 0.15) is 0 Å². The SMILES string of the molecule is O=C(NC1CS(=O)(=O)CC1Cl)N1CCOCC1. The molecule has 6 nitrogen and oxygen atoms in total. The molecule has 0 saturated carbocycles. The Morgan fingerprint density at radius 3 is 2.47 bits per heavy atom. The van der Waals surface area contributed by atoms with Gasteiger partial charge in [0.15, 0.2) is 9.84 Å². The number of morpholine rings is 1. The number of rotatable bonds is 1. The predicted octanol–water partition coefficient (Wildman–Crippen LogP) is -0.567. The number of carbonyl (C=O) groups is 1. The second-order valence-electron chi connectivity index (χ2n) is 4.25. The van der Waals surface area contributed by atoms with Crippen molar-refractivity contribution in [1.29, 1.82) is 0 Å². The standard InChI is InChI=1S/C9H15ClN2O4S/c10-7-5-17(14,15)6-8(7)11-9(13)12-1-3-16-4-2-12/h7-8H,1-6H2,(H,11,13). The quantitative estimate of drug-likeness (QED) is 0.654. The van der Waals surface area contributed by atoms with Crippen LogP contribution in [0.3, 0.4) is 0 Å². The van der Waals surface area contributed by atoms with Gasteiger partial charge in [-0.05, 0) is 0 Å². The second kappa shape index (κ2) is 4.99. The van der Waals surface area contributed by atoms with Crippen molar-refractivity contribution >= 4 is 27.5 Å². The van der Waals surface area contributed by atoms with E-state index in [1.807, 2.05) is 0 Å². The van der Waals surface area contributed by atoms with Gasteiger partial charge < -0.3 is 15.0 Å². The van der Waals surface area contributed by atoms with Crippen LogP contribution in [0.25, 0.3) is 0 Å². The third kappa shape index (κ3) is 3.23. The number of halogens is 1. The maximum Gasteiger partial charge on any atom is 0.317 e. The van der Waals surface area contributed by atoms with Gasteiger partial charge in [-0.15, -0.1) is 11.6 Å². The molecule has 0 spiro atoms. The largest absolute Gasteiger partial charge is 0.378 e. The lowest BCUT2D eigenvalue weighted by molar-refractivity contribution is 0.0527. The third-order valence-electron chi connectivity index (χ3n) is 2.89. The van der Waals surface area contributed by atoms with E-state index in [-0.39, 0.29) is 17.5 Å². The summed E-state index contributed by atoms with van der Waals surface area (Å²) in [7, 11) is -3.11. The first-order valence-electron chi connectivity index (χ1n) is 5.45. The van der Waals surface area contributed by atoms with Gasteiger partial charge in [-0.25, -0.2) is 13.2 Å². The lowest BCUT2D eigenvalue weighted by Gasteiger charge is -2.28. The first-order valence-corrected chi connectivity index (χ1v) is 7.71. The lowest BCUT2D eigenvalue weighted by atomic mass is 10.2. The molecule has 1 N–H and O–H groups in total. The molecule has 2 heterocycles. The first-order chi connectivity index (χ1) is 7.98. The first kappa shape index (κ1) is 12.9. The monoisotopic (exact) mass is 282 g/mol. The van der Waals surface area contributed by atoms with E-state index in [0.717, 1.165) is 0 Å². The summed E-state index contributed by atoms with van der Waals surface area (Å²) in [6, 6.07) is -0.752. The summed E-state index contributed by atoms with van der Waals surface area (Å²) in [4.78, 5) is 13.4. The summed E-state index contributed by atoms with van der Waals surface area (Å²) >= 11 is 5.91. The number of hydrogen-bond donors (Lipinski definition) is 1. The average molecular weight is 283 g/mol. The maximum absolute atomic E-state index is 11.8. The Hall–Kier alpha value is -0.530. The normalized spacial score (nSPS) is 32.4. The smallest absolute Gasteiger partial charge is 0.317 e. The zero-order valence-electron chi connectivity index (χ0n) is 9.26. The molecule has 2 amide bonds. The maximum atomic E-state index is 11.8. The van der Waals surface area contributed by atoms with Gasteiger partial charge in [0.05, 0.1) is 36.1 Å². The minimum Gasteiger partial charge on any atom is -0.378 e. The second-order valence-corrected chi connectivity index (χ2v) is 6.96. The highest BCUT2D eigenvalue weighted by Gasteiger charge is 2.38. The number of carbonyl (C=O) groups excluding carboxylic acids is 1. The Bertz CT molecular complexity index is 394. The van der Waals surface area contributed by atoms with E-state index in [2.05, 4.69) is 5.32 Å². The number of hydrogen-bond acceptors (Lipinski definition) is 4. The van der Waals surface area contributed by atoms with E-state index in [9.17, 15) is 13.2 Å². The van der Waals surface area contributed by atoms with Crippen LogP contribution in [0, 0.1) is 0 Å². The van der Waals surface area contributed by atoms with Crippen LogP contribution in [0.4, 0.5) is 4.79 Å². The molecule has 0 aliphatic carbocycles. The summed E-state index contributed by atoms with van der Waals surface area (Å²) in [5, 5.41) is 2.14. The molecule has 0 bridgehead atoms. The highest BCUT2D eigenvalue weighted by Crippen LogP contribution is 2.18. The van der Waals surface area contributed by atoms with E-state index in [0.29, 0.717) is 26.3 Å². The Labute approximate surface area is 105 Å². The van der Waals surface area contributed by atoms with Gasteiger partial charge in [0.2, 0.25) is 0 Å². The van der Waals surface area contributed by atoms with Crippen LogP contribution < -0.4 is 5.32 Å². The van der Waals surface area contributed by atoms with Crippen molar-refractivity contribution < 1.29 is 17.9 Å². The Kier molecular flexibility index (Phi) is 3.79. The fourth-order valence-electron chi connectivity index (χ4n) is 1.95. The average Bonchev–Trinajstić information content (AvgIpc) is 2.53. The molecule has 2 aliphatic heterocycles. The highest BCUT2D eigenvalue weighted by molar-refractivity contribution is 7.91. The van der Waals surface area contributed by atoms with E-state index in [1.54, 1.807) is 4.90 Å². The van der Waals surface area contributed by atoms with Crippen molar-refractivity contribution in [3.05, 3.63) is 0 Å². The van der Waals surface area contributed by atoms with Gasteiger partial charge in [-0.2, -0.15) is 0 Å². The van der Waals surface area contributed by atoms with E-state index < -0.39 is 21.3 Å². The van der Waals surface area contributed by atoms with Gasteiger partial charge in [-0.1, -0.05) is 0 Å². The minimum atomic E-state index is -3.11. The predicted molar refractivity (Wildman–Crippen MR) is 63.0 cm³/mol. The minimum absolute atomic E-state index is 0.0669. The van der Waals surface area contributed by atoms with E-state index in [1.165, 1.54) is 0 Å². The molecule has 2 atom stereocenters.